The molecule has 2 rings (SSSR count). The highest BCUT2D eigenvalue weighted by Gasteiger charge is 2.25. The summed E-state index contributed by atoms with van der Waals surface area (Å²) in [4.78, 5) is 25.2. The Labute approximate surface area is 173 Å². The van der Waals surface area contributed by atoms with Crippen LogP contribution in [0.5, 0.6) is 17.2 Å². The standard InChI is InChI=1S/C19H19Cl2O6P/c1-25-11-9-15(26-2)18(16(10-11)27-3)19(23)28(24)8-7-14(22)17-12(20)5-4-6-13(17)21/h4-6,9-10,28H,7-8H2,1-3H3. The Bertz CT molecular complexity index is 883. The number of carbonyl (C=O) groups excluding carboxylic acids is 2. The summed E-state index contributed by atoms with van der Waals surface area (Å²) in [6.07, 6.45) is -0.254. The van der Waals surface area contributed by atoms with Gasteiger partial charge in [0.05, 0.1) is 36.9 Å². The summed E-state index contributed by atoms with van der Waals surface area (Å²) in [7, 11) is 1.40. The van der Waals surface area contributed by atoms with Gasteiger partial charge in [0.2, 0.25) is 5.52 Å². The van der Waals surface area contributed by atoms with Crippen molar-refractivity contribution in [1.82, 2.24) is 0 Å². The summed E-state index contributed by atoms with van der Waals surface area (Å²) in [6, 6.07) is 7.71. The number of hydrogen-bond acceptors (Lipinski definition) is 6. The van der Waals surface area contributed by atoms with Gasteiger partial charge in [0.1, 0.15) is 30.6 Å². The van der Waals surface area contributed by atoms with Crippen molar-refractivity contribution in [3.8, 4) is 17.2 Å². The third-order valence-electron chi connectivity index (χ3n) is 4.02. The van der Waals surface area contributed by atoms with Crippen molar-refractivity contribution in [1.29, 1.82) is 0 Å². The van der Waals surface area contributed by atoms with Crippen LogP contribution in [-0.2, 0) is 4.57 Å². The number of methoxy groups -OCH3 is 3. The number of benzene rings is 2. The van der Waals surface area contributed by atoms with Crippen molar-refractivity contribution in [3.05, 3.63) is 51.5 Å². The molecule has 2 aromatic carbocycles. The molecule has 1 unspecified atom stereocenters. The molecule has 6 nitrogen and oxygen atoms in total. The van der Waals surface area contributed by atoms with Gasteiger partial charge in [0.15, 0.2) is 5.78 Å². The zero-order chi connectivity index (χ0) is 20.8. The van der Waals surface area contributed by atoms with Gasteiger partial charge in [-0.2, -0.15) is 0 Å². The van der Waals surface area contributed by atoms with Crippen LogP contribution in [-0.4, -0.2) is 38.8 Å². The number of carbonyl (C=O) groups is 2. The van der Waals surface area contributed by atoms with E-state index in [0.29, 0.717) is 5.75 Å². The maximum atomic E-state index is 12.8. The number of ether oxygens (including phenoxy) is 3. The van der Waals surface area contributed by atoms with Crippen LogP contribution in [0.3, 0.4) is 0 Å². The van der Waals surface area contributed by atoms with Crippen LogP contribution in [0.25, 0.3) is 0 Å². The molecule has 0 aliphatic carbocycles. The minimum absolute atomic E-state index is 0.0536. The van der Waals surface area contributed by atoms with Crippen LogP contribution in [0.4, 0.5) is 0 Å². The van der Waals surface area contributed by atoms with Crippen LogP contribution in [0.2, 0.25) is 10.0 Å². The maximum Gasteiger partial charge on any atom is 0.225 e. The third kappa shape index (κ3) is 4.88. The third-order valence-corrected chi connectivity index (χ3v) is 6.11. The lowest BCUT2D eigenvalue weighted by atomic mass is 10.1. The average molecular weight is 445 g/mol. The first-order valence-electron chi connectivity index (χ1n) is 8.18. The van der Waals surface area contributed by atoms with Gasteiger partial charge < -0.3 is 18.8 Å². The van der Waals surface area contributed by atoms with Crippen LogP contribution in [0.15, 0.2) is 30.3 Å². The maximum absolute atomic E-state index is 12.8. The van der Waals surface area contributed by atoms with Crippen LogP contribution in [0.1, 0.15) is 27.1 Å². The van der Waals surface area contributed by atoms with Crippen molar-refractivity contribution < 1.29 is 28.4 Å². The molecule has 9 heteroatoms. The molecular formula is C19H19Cl2O6P. The molecule has 0 fully saturated rings. The van der Waals surface area contributed by atoms with E-state index in [0.717, 1.165) is 0 Å². The molecule has 0 aromatic heterocycles. The lowest BCUT2D eigenvalue weighted by molar-refractivity contribution is 0.0989. The lowest BCUT2D eigenvalue weighted by Gasteiger charge is -2.14. The van der Waals surface area contributed by atoms with Gasteiger partial charge in [0, 0.05) is 24.7 Å². The Balaban J connectivity index is 2.22. The summed E-state index contributed by atoms with van der Waals surface area (Å²) >= 11 is 12.0. The molecule has 150 valence electrons. The highest BCUT2D eigenvalue weighted by atomic mass is 35.5. The van der Waals surface area contributed by atoms with Gasteiger partial charge in [-0.25, -0.2) is 0 Å². The van der Waals surface area contributed by atoms with Crippen molar-refractivity contribution in [2.45, 2.75) is 6.42 Å². The summed E-state index contributed by atoms with van der Waals surface area (Å²) in [5.41, 5.74) is -0.426. The molecular weight excluding hydrogens is 426 g/mol. The SMILES string of the molecule is COc1cc(OC)c(C(=O)[PH](=O)CCC(=O)c2c(Cl)cccc2Cl)c(OC)c1. The summed E-state index contributed by atoms with van der Waals surface area (Å²) in [6.45, 7) is 0. The Hall–Kier alpha value is -2.01. The molecule has 0 saturated heterocycles. The van der Waals surface area contributed by atoms with Gasteiger partial charge in [-0.3, -0.25) is 9.59 Å². The smallest absolute Gasteiger partial charge is 0.225 e. The minimum Gasteiger partial charge on any atom is -0.496 e. The second kappa shape index (κ2) is 9.97. The van der Waals surface area contributed by atoms with Crippen molar-refractivity contribution >= 4 is 42.3 Å². The second-order valence-electron chi connectivity index (χ2n) is 5.68. The molecule has 0 spiro atoms. The molecule has 1 atom stereocenters. The van der Waals surface area contributed by atoms with Gasteiger partial charge in [-0.1, -0.05) is 29.3 Å². The molecule has 28 heavy (non-hydrogen) atoms. The largest absolute Gasteiger partial charge is 0.496 e. The van der Waals surface area contributed by atoms with E-state index in [2.05, 4.69) is 0 Å². The lowest BCUT2D eigenvalue weighted by Crippen LogP contribution is -2.07. The second-order valence-corrected chi connectivity index (χ2v) is 8.29. The van der Waals surface area contributed by atoms with Crippen molar-refractivity contribution in [2.24, 2.45) is 0 Å². The zero-order valence-corrected chi connectivity index (χ0v) is 18.0. The zero-order valence-electron chi connectivity index (χ0n) is 15.5. The first-order valence-corrected chi connectivity index (χ1v) is 10.6. The van der Waals surface area contributed by atoms with Gasteiger partial charge in [-0.05, 0) is 12.1 Å². The van der Waals surface area contributed by atoms with E-state index in [1.54, 1.807) is 18.2 Å². The molecule has 0 radical (unpaired) electrons. The number of hydrogen-bond donors (Lipinski definition) is 0. The Morgan fingerprint density at radius 3 is 1.93 bits per heavy atom. The molecule has 0 amide bonds. The number of ketones is 1. The minimum atomic E-state index is -2.83. The number of rotatable bonds is 9. The predicted octanol–water partition coefficient (Wildman–Crippen LogP) is 4.99. The summed E-state index contributed by atoms with van der Waals surface area (Å²) in [5, 5.41) is 0.420. The highest BCUT2D eigenvalue weighted by Crippen LogP contribution is 2.40. The Kier molecular flexibility index (Phi) is 7.93. The normalized spacial score (nSPS) is 11.6. The van der Waals surface area contributed by atoms with Crippen LogP contribution in [0, 0.1) is 0 Å². The van der Waals surface area contributed by atoms with E-state index in [4.69, 9.17) is 37.4 Å². The van der Waals surface area contributed by atoms with E-state index >= 15 is 0 Å². The topological polar surface area (TPSA) is 78.9 Å². The molecule has 0 saturated carbocycles. The van der Waals surface area contributed by atoms with Crippen molar-refractivity contribution in [2.75, 3.05) is 27.5 Å². The molecule has 0 bridgehead atoms. The van der Waals surface area contributed by atoms with E-state index in [9.17, 15) is 14.2 Å². The first-order chi connectivity index (χ1) is 13.3. The van der Waals surface area contributed by atoms with Gasteiger partial charge in [-0.15, -0.1) is 0 Å². The summed E-state index contributed by atoms with van der Waals surface area (Å²) < 4.78 is 28.2. The van der Waals surface area contributed by atoms with Crippen LogP contribution < -0.4 is 14.2 Å². The molecule has 0 aliphatic rings. The van der Waals surface area contributed by atoms with E-state index in [1.165, 1.54) is 33.5 Å². The fourth-order valence-corrected chi connectivity index (χ4v) is 4.41. The average Bonchev–Trinajstić information content (AvgIpc) is 2.70. The molecule has 0 aliphatic heterocycles. The van der Waals surface area contributed by atoms with E-state index in [-0.39, 0.29) is 51.0 Å². The monoisotopic (exact) mass is 444 g/mol. The van der Waals surface area contributed by atoms with Gasteiger partial charge >= 0.3 is 0 Å². The van der Waals surface area contributed by atoms with E-state index < -0.39 is 13.3 Å². The predicted molar refractivity (Wildman–Crippen MR) is 110 cm³/mol. The quantitative estimate of drug-likeness (QED) is 0.400. The molecule has 0 N–H and O–H groups in total. The van der Waals surface area contributed by atoms with Gasteiger partial charge in [0.25, 0.3) is 0 Å². The fraction of sp³-hybridized carbons (Fsp3) is 0.263. The highest BCUT2D eigenvalue weighted by molar-refractivity contribution is 7.64. The molecule has 2 aromatic rings. The summed E-state index contributed by atoms with van der Waals surface area (Å²) in [5.74, 6) is 0.406. The Morgan fingerprint density at radius 1 is 0.929 bits per heavy atom. The number of Topliss-reactive ketones (excluding diaryl/α,β-unsaturated/α-hetero) is 1. The fourth-order valence-electron chi connectivity index (χ4n) is 2.60. The van der Waals surface area contributed by atoms with Crippen molar-refractivity contribution in [3.63, 3.8) is 0 Å². The van der Waals surface area contributed by atoms with Crippen LogP contribution >= 0.6 is 31.0 Å². The number of halogens is 2. The first kappa shape index (κ1) is 22.3. The molecule has 0 heterocycles. The van der Waals surface area contributed by atoms with E-state index in [1.807, 2.05) is 0 Å². The Morgan fingerprint density at radius 2 is 1.46 bits per heavy atom.